The Morgan fingerprint density at radius 2 is 1.82 bits per heavy atom. The number of sulfone groups is 1. The minimum absolute atomic E-state index is 0.00528. The Kier molecular flexibility index (Phi) is 9.29. The summed E-state index contributed by atoms with van der Waals surface area (Å²) < 4.78 is 24.9. The first-order valence-electron chi connectivity index (χ1n) is 16.2. The number of carbonyl (C=O) groups is 3. The first-order chi connectivity index (χ1) is 24.2. The number of rotatable bonds is 10. The maximum absolute atomic E-state index is 13.7. The fourth-order valence-electron chi connectivity index (χ4n) is 5.83. The maximum atomic E-state index is 13.7. The van der Waals surface area contributed by atoms with Crippen molar-refractivity contribution in [2.75, 3.05) is 42.4 Å². The molecular weight excluding hydrogens is 673 g/mol. The van der Waals surface area contributed by atoms with E-state index in [1.54, 1.807) is 18.3 Å². The lowest BCUT2D eigenvalue weighted by Gasteiger charge is -2.38. The number of nitrogens with one attached hydrogen (secondary N) is 3. The van der Waals surface area contributed by atoms with Crippen molar-refractivity contribution in [1.82, 2.24) is 30.4 Å². The lowest BCUT2D eigenvalue weighted by atomic mass is 9.85. The molecule has 6 rings (SSSR count). The van der Waals surface area contributed by atoms with Crippen molar-refractivity contribution >= 4 is 58.3 Å². The summed E-state index contributed by atoms with van der Waals surface area (Å²) in [4.78, 5) is 50.1. The predicted molar refractivity (Wildman–Crippen MR) is 190 cm³/mol. The largest absolute Gasteiger partial charge is 0.374 e. The molecule has 2 unspecified atom stereocenters. The molecule has 1 fully saturated rings. The van der Waals surface area contributed by atoms with Gasteiger partial charge in [-0.05, 0) is 49.6 Å². The third-order valence-corrected chi connectivity index (χ3v) is 11.0. The number of hydrogen-bond acceptors (Lipinski definition) is 12. The first kappa shape index (κ1) is 35.4. The third-order valence-electron chi connectivity index (χ3n) is 9.23. The lowest BCUT2D eigenvalue weighted by Crippen LogP contribution is -2.48. The monoisotopic (exact) mass is 709 g/mol. The number of aliphatic hydroxyl groups is 1. The number of fused-ring (bicyclic) bond motifs is 3. The number of benzene rings is 1. The zero-order chi connectivity index (χ0) is 36.8. The van der Waals surface area contributed by atoms with Crippen LogP contribution in [-0.2, 0) is 20.3 Å². The molecule has 15 nitrogen and oxygen atoms in total. The van der Waals surface area contributed by atoms with E-state index in [2.05, 4.69) is 36.1 Å². The molecule has 1 aromatic carbocycles. The van der Waals surface area contributed by atoms with Crippen LogP contribution in [0, 0.1) is 5.92 Å². The van der Waals surface area contributed by atoms with E-state index in [-0.39, 0.29) is 51.4 Å². The Morgan fingerprint density at radius 1 is 1.08 bits per heavy atom. The van der Waals surface area contributed by atoms with Crippen LogP contribution in [0.1, 0.15) is 65.0 Å². The number of pyridine rings is 2. The summed E-state index contributed by atoms with van der Waals surface area (Å²) in [6.45, 7) is 3.44. The van der Waals surface area contributed by atoms with Crippen LogP contribution in [0.4, 0.5) is 22.9 Å². The topological polar surface area (TPSA) is 200 Å². The van der Waals surface area contributed by atoms with E-state index in [0.717, 1.165) is 46.2 Å². The Hall–Kier alpha value is -5.42. The van der Waals surface area contributed by atoms with E-state index in [9.17, 15) is 27.9 Å². The van der Waals surface area contributed by atoms with E-state index >= 15 is 0 Å². The van der Waals surface area contributed by atoms with Crippen molar-refractivity contribution in [3.63, 3.8) is 0 Å². The van der Waals surface area contributed by atoms with Gasteiger partial charge in [-0.15, -0.1) is 10.2 Å². The number of carbonyl (C=O) groups excluding carboxylic acids is 3. The van der Waals surface area contributed by atoms with E-state index in [4.69, 9.17) is 7.85 Å². The van der Waals surface area contributed by atoms with Gasteiger partial charge in [0.15, 0.2) is 29.2 Å². The van der Waals surface area contributed by atoms with Crippen molar-refractivity contribution in [3.05, 3.63) is 77.5 Å². The lowest BCUT2D eigenvalue weighted by molar-refractivity contribution is -0.117. The van der Waals surface area contributed by atoms with Gasteiger partial charge in [0, 0.05) is 56.6 Å². The molecule has 17 heteroatoms. The van der Waals surface area contributed by atoms with Gasteiger partial charge in [0.1, 0.15) is 11.3 Å². The van der Waals surface area contributed by atoms with E-state index in [1.165, 1.54) is 33.3 Å². The molecular formula is C34H36BN9O6S. The average Bonchev–Trinajstić information content (AvgIpc) is 3.99. The van der Waals surface area contributed by atoms with Crippen molar-refractivity contribution in [3.8, 4) is 11.1 Å². The molecule has 4 N–H and O–H groups in total. The number of amides is 3. The fourth-order valence-corrected chi connectivity index (χ4v) is 6.72. The molecule has 0 saturated heterocycles. The maximum Gasteiger partial charge on any atom is 0.274 e. The molecule has 1 aliphatic heterocycles. The molecule has 4 aromatic rings. The summed E-state index contributed by atoms with van der Waals surface area (Å²) >= 11 is 0. The minimum Gasteiger partial charge on any atom is -0.374 e. The summed E-state index contributed by atoms with van der Waals surface area (Å²) in [5.41, 5.74) is 1.40. The van der Waals surface area contributed by atoms with Gasteiger partial charge in [-0.2, -0.15) is 0 Å². The van der Waals surface area contributed by atoms with E-state index in [1.807, 2.05) is 37.1 Å². The number of hydrogen-bond donors (Lipinski definition) is 4. The second-order valence-corrected chi connectivity index (χ2v) is 14.8. The predicted octanol–water partition coefficient (Wildman–Crippen LogP) is 2.73. The standard InChI is InChI=1S/C34H36BN9O6S/c1-6-51(49,50)20-12-13-37-27(14-20)34(35,48)44(5)33(47)26-15-22-18(2)43(4)30-21(23(22)17-38-26)8-7-9-24(30)39-25-16-28(40-31(45)19-10-11-19)41-42-29(25)32(46)36-3/h7-9,12-19,48H,6,10-11H2,1-5H3,(H,36,46)(H2,39,40,41,45). The summed E-state index contributed by atoms with van der Waals surface area (Å²) in [6.07, 6.45) is 4.41. The Morgan fingerprint density at radius 3 is 2.51 bits per heavy atom. The van der Waals surface area contributed by atoms with Crippen molar-refractivity contribution in [1.29, 1.82) is 0 Å². The zero-order valence-electron chi connectivity index (χ0n) is 28.6. The Bertz CT molecular complexity index is 2180. The van der Waals surface area contributed by atoms with Crippen LogP contribution in [0.2, 0.25) is 0 Å². The van der Waals surface area contributed by atoms with Crippen LogP contribution in [0.25, 0.3) is 11.1 Å². The van der Waals surface area contributed by atoms with Crippen LogP contribution >= 0.6 is 0 Å². The SMILES string of the molecule is [B]C(O)(c1cc(S(=O)(=O)CC)ccn1)N(C)C(=O)c1cc2c(cn1)-c1cccc(Nc3cc(NC(=O)C4CC4)nnc3C(=O)NC)c1N(C)C2C. The van der Waals surface area contributed by atoms with Crippen LogP contribution in [-0.4, -0.2) is 91.1 Å². The average molecular weight is 710 g/mol. The molecule has 4 heterocycles. The van der Waals surface area contributed by atoms with Crippen LogP contribution < -0.4 is 20.9 Å². The third kappa shape index (κ3) is 6.61. The highest BCUT2D eigenvalue weighted by Gasteiger charge is 2.36. The molecule has 0 bridgehead atoms. The number of anilines is 4. The molecule has 3 amide bonds. The molecule has 2 aliphatic rings. The molecule has 1 saturated carbocycles. The smallest absolute Gasteiger partial charge is 0.274 e. The molecule has 51 heavy (non-hydrogen) atoms. The van der Waals surface area contributed by atoms with Crippen molar-refractivity contribution in [2.45, 2.75) is 43.3 Å². The number of para-hydroxylation sites is 1. The highest BCUT2D eigenvalue weighted by Crippen LogP contribution is 2.48. The Balaban J connectivity index is 1.33. The molecule has 1 aliphatic carbocycles. The second kappa shape index (κ2) is 13.4. The fraction of sp³-hybridized carbons (Fsp3) is 0.324. The number of nitrogens with zero attached hydrogens (tertiary/aromatic N) is 6. The van der Waals surface area contributed by atoms with Gasteiger partial charge in [-0.1, -0.05) is 19.1 Å². The van der Waals surface area contributed by atoms with Crippen LogP contribution in [0.3, 0.4) is 0 Å². The van der Waals surface area contributed by atoms with Gasteiger partial charge in [-0.3, -0.25) is 24.4 Å². The summed E-state index contributed by atoms with van der Waals surface area (Å²) in [7, 11) is 7.22. The normalized spacial score (nSPS) is 16.3. The van der Waals surface area contributed by atoms with Gasteiger partial charge in [-0.25, -0.2) is 8.42 Å². The molecule has 262 valence electrons. The highest BCUT2D eigenvalue weighted by atomic mass is 32.2. The number of aromatic nitrogens is 4. The highest BCUT2D eigenvalue weighted by molar-refractivity contribution is 7.91. The molecule has 2 atom stereocenters. The van der Waals surface area contributed by atoms with Gasteiger partial charge in [0.2, 0.25) is 5.91 Å². The summed E-state index contributed by atoms with van der Waals surface area (Å²) in [6, 6.07) is 10.9. The van der Waals surface area contributed by atoms with E-state index in [0.29, 0.717) is 11.4 Å². The quantitative estimate of drug-likeness (QED) is 0.139. The van der Waals surface area contributed by atoms with Gasteiger partial charge in [0.05, 0.1) is 39.4 Å². The van der Waals surface area contributed by atoms with Crippen molar-refractivity contribution < 1.29 is 27.9 Å². The van der Waals surface area contributed by atoms with Crippen molar-refractivity contribution in [2.24, 2.45) is 5.92 Å². The van der Waals surface area contributed by atoms with Gasteiger partial charge < -0.3 is 30.9 Å². The van der Waals surface area contributed by atoms with Crippen LogP contribution in [0.5, 0.6) is 0 Å². The molecule has 2 radical (unpaired) electrons. The minimum atomic E-state index is -3.63. The Labute approximate surface area is 296 Å². The molecule has 0 spiro atoms. The second-order valence-electron chi connectivity index (χ2n) is 12.5. The van der Waals surface area contributed by atoms with Crippen LogP contribution in [0.15, 0.2) is 59.8 Å². The summed E-state index contributed by atoms with van der Waals surface area (Å²) in [5.74, 6) is -1.34. The van der Waals surface area contributed by atoms with Gasteiger partial charge in [0.25, 0.3) is 11.8 Å². The first-order valence-corrected chi connectivity index (χ1v) is 17.9. The van der Waals surface area contributed by atoms with Gasteiger partial charge >= 0.3 is 0 Å². The zero-order valence-corrected chi connectivity index (χ0v) is 29.4. The van der Waals surface area contributed by atoms with E-state index < -0.39 is 27.3 Å². The summed E-state index contributed by atoms with van der Waals surface area (Å²) in [5, 5.41) is 28.1. The molecule has 3 aromatic heterocycles.